The summed E-state index contributed by atoms with van der Waals surface area (Å²) in [6.07, 6.45) is 7.90. The molecule has 0 spiro atoms. The Morgan fingerprint density at radius 1 is 0.872 bits per heavy atom. The Balaban J connectivity index is 1.22. The maximum atomic E-state index is 14.0. The minimum Gasteiger partial charge on any atom is -0.495 e. The van der Waals surface area contributed by atoms with Crippen molar-refractivity contribution in [1.29, 1.82) is 0 Å². The third-order valence-electron chi connectivity index (χ3n) is 8.48. The van der Waals surface area contributed by atoms with Crippen molar-refractivity contribution in [1.82, 2.24) is 24.6 Å². The van der Waals surface area contributed by atoms with Crippen molar-refractivity contribution in [3.8, 4) is 40.0 Å². The van der Waals surface area contributed by atoms with Gasteiger partial charge in [-0.3, -0.25) is 9.78 Å². The maximum Gasteiger partial charge on any atom is 0.227 e. The first-order valence-electron chi connectivity index (χ1n) is 15.8. The van der Waals surface area contributed by atoms with E-state index in [9.17, 15) is 4.79 Å². The molecule has 10 heteroatoms. The number of carbonyl (C=O) groups is 1. The summed E-state index contributed by atoms with van der Waals surface area (Å²) in [5.74, 6) is 3.14. The first kappa shape index (κ1) is 32.1. The molecule has 2 aromatic heterocycles. The molecule has 3 aromatic carbocycles. The molecule has 0 aliphatic heterocycles. The van der Waals surface area contributed by atoms with Crippen LogP contribution < -0.4 is 14.2 Å². The summed E-state index contributed by atoms with van der Waals surface area (Å²) in [6.45, 7) is 1.39. The molecule has 47 heavy (non-hydrogen) atoms. The van der Waals surface area contributed by atoms with Gasteiger partial charge in [0.25, 0.3) is 0 Å². The predicted molar refractivity (Wildman–Crippen MR) is 182 cm³/mol. The van der Waals surface area contributed by atoms with Crippen LogP contribution in [-0.4, -0.2) is 57.4 Å². The van der Waals surface area contributed by atoms with Gasteiger partial charge in [0, 0.05) is 36.1 Å². The topological polar surface area (TPSA) is 91.6 Å². The van der Waals surface area contributed by atoms with Crippen molar-refractivity contribution in [2.45, 2.75) is 51.3 Å². The number of aromatic nitrogens is 4. The summed E-state index contributed by atoms with van der Waals surface area (Å²) in [6, 6.07) is 25.2. The number of pyridine rings is 1. The Morgan fingerprint density at radius 2 is 1.62 bits per heavy atom. The van der Waals surface area contributed by atoms with Crippen molar-refractivity contribution >= 4 is 17.5 Å². The highest BCUT2D eigenvalue weighted by molar-refractivity contribution is 6.32. The van der Waals surface area contributed by atoms with E-state index in [0.717, 1.165) is 47.9 Å². The summed E-state index contributed by atoms with van der Waals surface area (Å²) in [5, 5.41) is 5.36. The molecule has 1 aliphatic carbocycles. The zero-order valence-corrected chi connectivity index (χ0v) is 27.4. The number of hydrogen-bond donors (Lipinski definition) is 0. The molecular formula is C37H38ClN5O4. The number of carbonyl (C=O) groups excluding carboxylic acids is 1. The van der Waals surface area contributed by atoms with Gasteiger partial charge in [-0.25, -0.2) is 9.67 Å². The first-order valence-corrected chi connectivity index (χ1v) is 16.2. The fraction of sp³-hybridized carbons (Fsp3) is 0.297. The minimum absolute atomic E-state index is 0.0698. The van der Waals surface area contributed by atoms with Gasteiger partial charge in [-0.2, -0.15) is 5.10 Å². The average Bonchev–Trinajstić information content (AvgIpc) is 3.80. The van der Waals surface area contributed by atoms with E-state index in [1.54, 1.807) is 26.6 Å². The number of amides is 1. The second kappa shape index (κ2) is 15.1. The Morgan fingerprint density at radius 3 is 2.34 bits per heavy atom. The lowest BCUT2D eigenvalue weighted by molar-refractivity contribution is -0.132. The molecule has 1 aliphatic rings. The van der Waals surface area contributed by atoms with Gasteiger partial charge in [-0.1, -0.05) is 60.8 Å². The molecule has 242 valence electrons. The number of halogens is 1. The summed E-state index contributed by atoms with van der Waals surface area (Å²) >= 11 is 6.50. The highest BCUT2D eigenvalue weighted by atomic mass is 35.5. The molecular weight excluding hydrogens is 614 g/mol. The predicted octanol–water partition coefficient (Wildman–Crippen LogP) is 7.27. The molecule has 0 unspecified atom stereocenters. The van der Waals surface area contributed by atoms with Crippen molar-refractivity contribution < 1.29 is 19.0 Å². The maximum absolute atomic E-state index is 14.0. The monoisotopic (exact) mass is 651 g/mol. The lowest BCUT2D eigenvalue weighted by atomic mass is 10.1. The number of nitrogens with zero attached hydrogens (tertiary/aromatic N) is 5. The molecule has 9 nitrogen and oxygen atoms in total. The molecule has 0 N–H and O–H groups in total. The molecule has 2 heterocycles. The normalized spacial score (nSPS) is 13.0. The first-order chi connectivity index (χ1) is 23.0. The van der Waals surface area contributed by atoms with Crippen LogP contribution in [0, 0.1) is 0 Å². The zero-order valence-electron chi connectivity index (χ0n) is 26.6. The van der Waals surface area contributed by atoms with E-state index < -0.39 is 0 Å². The highest BCUT2D eigenvalue weighted by Crippen LogP contribution is 2.32. The van der Waals surface area contributed by atoms with E-state index in [1.165, 1.54) is 0 Å². The van der Waals surface area contributed by atoms with Gasteiger partial charge in [-0.15, -0.1) is 0 Å². The van der Waals surface area contributed by atoms with Crippen LogP contribution in [0.1, 0.15) is 36.8 Å². The average molecular weight is 652 g/mol. The number of rotatable bonds is 13. The number of hydrogen-bond acceptors (Lipinski definition) is 7. The van der Waals surface area contributed by atoms with Crippen molar-refractivity contribution in [2.24, 2.45) is 0 Å². The number of benzene rings is 3. The van der Waals surface area contributed by atoms with Gasteiger partial charge in [0.2, 0.25) is 5.91 Å². The third kappa shape index (κ3) is 7.74. The van der Waals surface area contributed by atoms with Crippen LogP contribution in [0.15, 0.2) is 91.3 Å². The van der Waals surface area contributed by atoms with E-state index in [4.69, 9.17) is 35.9 Å². The molecule has 6 rings (SSSR count). The lowest BCUT2D eigenvalue weighted by Gasteiger charge is -2.29. The largest absolute Gasteiger partial charge is 0.495 e. The second-order valence-electron chi connectivity index (χ2n) is 11.5. The van der Waals surface area contributed by atoms with Gasteiger partial charge < -0.3 is 19.1 Å². The van der Waals surface area contributed by atoms with Crippen LogP contribution in [0.4, 0.5) is 0 Å². The van der Waals surface area contributed by atoms with E-state index in [2.05, 4.69) is 4.98 Å². The molecule has 0 atom stereocenters. The van der Waals surface area contributed by atoms with Crippen LogP contribution in [0.25, 0.3) is 22.8 Å². The highest BCUT2D eigenvalue weighted by Gasteiger charge is 2.27. The molecule has 5 aromatic rings. The minimum atomic E-state index is 0.0698. The lowest BCUT2D eigenvalue weighted by Crippen LogP contribution is -2.42. The Bertz CT molecular complexity index is 1790. The van der Waals surface area contributed by atoms with Gasteiger partial charge in [0.05, 0.1) is 32.2 Å². The number of methoxy groups -OCH3 is 2. The SMILES string of the molecule is COc1ccc(-c2nc(-c3ccncc3)nn2CCN(C(=O)Cc2ccc(OCc3ccccc3)c(OC)c2)C2CCCC2)cc1Cl. The molecule has 0 bridgehead atoms. The summed E-state index contributed by atoms with van der Waals surface area (Å²) in [5.41, 5.74) is 3.60. The second-order valence-corrected chi connectivity index (χ2v) is 11.9. The van der Waals surface area contributed by atoms with Crippen LogP contribution in [0.3, 0.4) is 0 Å². The molecule has 1 fully saturated rings. The van der Waals surface area contributed by atoms with Crippen molar-refractivity contribution in [3.05, 3.63) is 107 Å². The Hall–Kier alpha value is -4.89. The van der Waals surface area contributed by atoms with Crippen LogP contribution >= 0.6 is 11.6 Å². The van der Waals surface area contributed by atoms with Gasteiger partial charge in [0.15, 0.2) is 23.1 Å². The van der Waals surface area contributed by atoms with Crippen LogP contribution in [0.2, 0.25) is 5.02 Å². The van der Waals surface area contributed by atoms with E-state index in [1.807, 2.05) is 88.4 Å². The quantitative estimate of drug-likeness (QED) is 0.132. The van der Waals surface area contributed by atoms with Gasteiger partial charge >= 0.3 is 0 Å². The van der Waals surface area contributed by atoms with E-state index >= 15 is 0 Å². The fourth-order valence-corrected chi connectivity index (χ4v) is 6.28. The molecule has 0 saturated heterocycles. The van der Waals surface area contributed by atoms with Crippen LogP contribution in [-0.2, 0) is 24.4 Å². The third-order valence-corrected chi connectivity index (χ3v) is 8.77. The smallest absolute Gasteiger partial charge is 0.227 e. The molecule has 1 amide bonds. The van der Waals surface area contributed by atoms with E-state index in [0.29, 0.717) is 53.6 Å². The molecule has 0 radical (unpaired) electrons. The molecule has 1 saturated carbocycles. The van der Waals surface area contributed by atoms with Crippen LogP contribution in [0.5, 0.6) is 17.2 Å². The summed E-state index contributed by atoms with van der Waals surface area (Å²) in [4.78, 5) is 25.0. The van der Waals surface area contributed by atoms with Gasteiger partial charge in [-0.05, 0) is 66.4 Å². The fourth-order valence-electron chi connectivity index (χ4n) is 6.02. The zero-order chi connectivity index (χ0) is 32.6. The Kier molecular flexibility index (Phi) is 10.3. The summed E-state index contributed by atoms with van der Waals surface area (Å²) < 4.78 is 18.9. The van der Waals surface area contributed by atoms with Crippen molar-refractivity contribution in [2.75, 3.05) is 20.8 Å². The standard InChI is InChI=1S/C37H38ClN5O4/c1-45-32-15-13-29(24-31(32)38)37-40-36(28-16-18-39-19-17-28)41-43(37)21-20-42(30-10-6-7-11-30)35(44)23-27-12-14-33(34(22-27)46-2)47-25-26-8-4-3-5-9-26/h3-5,8-9,12-19,22,24,30H,6-7,10-11,20-21,23,25H2,1-2H3. The Labute approximate surface area is 280 Å². The van der Waals surface area contributed by atoms with E-state index in [-0.39, 0.29) is 18.4 Å². The van der Waals surface area contributed by atoms with Crippen molar-refractivity contribution in [3.63, 3.8) is 0 Å². The number of ether oxygens (including phenoxy) is 3. The van der Waals surface area contributed by atoms with Gasteiger partial charge in [0.1, 0.15) is 12.4 Å². The summed E-state index contributed by atoms with van der Waals surface area (Å²) in [7, 11) is 3.21.